The Labute approximate surface area is 221 Å². The van der Waals surface area contributed by atoms with Crippen LogP contribution in [0.5, 0.6) is 0 Å². The van der Waals surface area contributed by atoms with Gasteiger partial charge in [-0.1, -0.05) is 46.3 Å². The number of fused-ring (bicyclic) bond motifs is 1. The molecule has 3 aliphatic heterocycles. The number of thioether (sulfide) groups is 1. The predicted molar refractivity (Wildman–Crippen MR) is 145 cm³/mol. The van der Waals surface area contributed by atoms with E-state index in [0.29, 0.717) is 26.2 Å². The van der Waals surface area contributed by atoms with Crippen LogP contribution < -0.4 is 0 Å². The first-order valence-corrected chi connectivity index (χ1v) is 14.5. The minimum atomic E-state index is -0.682. The Morgan fingerprint density at radius 2 is 1.78 bits per heavy atom. The SMILES string of the molecule is C=CCN(CCCC)C(=O)C1N([C@@H](CO)C(C)C)C(=O)[C@@H]2[C@@H](C(=O)N(CC=C)CCC)[C@H]3CCC12S3. The fraction of sp³-hybridized carbons (Fsp3) is 0.750. The molecule has 3 amide bonds. The molecule has 3 fully saturated rings. The highest BCUT2D eigenvalue weighted by Gasteiger charge is 2.74. The molecule has 3 heterocycles. The number of likely N-dealkylation sites (tertiary alicyclic amines) is 1. The summed E-state index contributed by atoms with van der Waals surface area (Å²) in [5.41, 5.74) is 0. The molecule has 8 heteroatoms. The maximum absolute atomic E-state index is 14.3. The van der Waals surface area contributed by atoms with Crippen molar-refractivity contribution in [2.24, 2.45) is 17.8 Å². The summed E-state index contributed by atoms with van der Waals surface area (Å²) in [6, 6.07) is -1.16. The average Bonchev–Trinajstić information content (AvgIpc) is 3.49. The fourth-order valence-corrected chi connectivity index (χ4v) is 8.72. The van der Waals surface area contributed by atoms with E-state index >= 15 is 0 Å². The summed E-state index contributed by atoms with van der Waals surface area (Å²) >= 11 is 1.69. The second-order valence-electron chi connectivity index (χ2n) is 10.8. The van der Waals surface area contributed by atoms with Crippen molar-refractivity contribution in [3.63, 3.8) is 0 Å². The van der Waals surface area contributed by atoms with Gasteiger partial charge in [0.2, 0.25) is 17.7 Å². The van der Waals surface area contributed by atoms with Crippen LogP contribution in [0.2, 0.25) is 0 Å². The number of hydrogen-bond donors (Lipinski definition) is 1. The normalized spacial score (nSPS) is 29.4. The number of aliphatic hydroxyl groups excluding tert-OH is 1. The van der Waals surface area contributed by atoms with Crippen molar-refractivity contribution in [3.8, 4) is 0 Å². The summed E-state index contributed by atoms with van der Waals surface area (Å²) in [6.07, 6.45) is 7.68. The van der Waals surface area contributed by atoms with Crippen LogP contribution in [0.15, 0.2) is 25.3 Å². The van der Waals surface area contributed by atoms with Crippen molar-refractivity contribution < 1.29 is 19.5 Å². The van der Waals surface area contributed by atoms with E-state index in [2.05, 4.69) is 20.1 Å². The second-order valence-corrected chi connectivity index (χ2v) is 12.4. The zero-order chi connectivity index (χ0) is 26.6. The van der Waals surface area contributed by atoms with Gasteiger partial charge in [-0.15, -0.1) is 24.9 Å². The van der Waals surface area contributed by atoms with Gasteiger partial charge in [0.05, 0.1) is 29.2 Å². The van der Waals surface area contributed by atoms with E-state index in [-0.39, 0.29) is 35.5 Å². The topological polar surface area (TPSA) is 81.2 Å². The largest absolute Gasteiger partial charge is 0.394 e. The second kappa shape index (κ2) is 12.2. The highest BCUT2D eigenvalue weighted by atomic mass is 32.2. The maximum Gasteiger partial charge on any atom is 0.247 e. The first-order chi connectivity index (χ1) is 17.2. The van der Waals surface area contributed by atoms with E-state index in [0.717, 1.165) is 32.1 Å². The number of nitrogens with zero attached hydrogens (tertiary/aromatic N) is 3. The van der Waals surface area contributed by atoms with Crippen LogP contribution in [0, 0.1) is 17.8 Å². The maximum atomic E-state index is 14.3. The molecule has 6 atom stereocenters. The number of carbonyl (C=O) groups excluding carboxylic acids is 3. The lowest BCUT2D eigenvalue weighted by molar-refractivity contribution is -0.148. The van der Waals surface area contributed by atoms with Crippen LogP contribution in [-0.4, -0.2) is 92.4 Å². The number of unbranched alkanes of at least 4 members (excludes halogenated alkanes) is 1. The third kappa shape index (κ3) is 4.87. The fourth-order valence-electron chi connectivity index (χ4n) is 6.53. The van der Waals surface area contributed by atoms with Crippen molar-refractivity contribution >= 4 is 29.5 Å². The molecule has 0 saturated carbocycles. The molecule has 36 heavy (non-hydrogen) atoms. The molecule has 1 N–H and O–H groups in total. The molecular formula is C28H45N3O4S. The number of rotatable bonds is 14. The summed E-state index contributed by atoms with van der Waals surface area (Å²) in [7, 11) is 0. The summed E-state index contributed by atoms with van der Waals surface area (Å²) in [4.78, 5) is 47.7. The highest BCUT2D eigenvalue weighted by molar-refractivity contribution is 8.02. The molecular weight excluding hydrogens is 474 g/mol. The summed E-state index contributed by atoms with van der Waals surface area (Å²) < 4.78 is -0.640. The zero-order valence-corrected chi connectivity index (χ0v) is 23.3. The molecule has 0 aliphatic carbocycles. The van der Waals surface area contributed by atoms with Crippen molar-refractivity contribution in [1.29, 1.82) is 0 Å². The molecule has 1 spiro atoms. The van der Waals surface area contributed by atoms with Crippen LogP contribution in [-0.2, 0) is 14.4 Å². The third-order valence-corrected chi connectivity index (χ3v) is 10.1. The molecule has 0 aromatic heterocycles. The van der Waals surface area contributed by atoms with Crippen molar-refractivity contribution in [2.45, 2.75) is 81.9 Å². The molecule has 0 aromatic carbocycles. The van der Waals surface area contributed by atoms with Gasteiger partial charge in [0.1, 0.15) is 6.04 Å². The third-order valence-electron chi connectivity index (χ3n) is 8.17. The Morgan fingerprint density at radius 3 is 2.31 bits per heavy atom. The van der Waals surface area contributed by atoms with E-state index in [1.54, 1.807) is 28.8 Å². The minimum Gasteiger partial charge on any atom is -0.394 e. The van der Waals surface area contributed by atoms with Gasteiger partial charge >= 0.3 is 0 Å². The lowest BCUT2D eigenvalue weighted by Crippen LogP contribution is -2.58. The van der Waals surface area contributed by atoms with E-state index in [1.807, 2.05) is 30.6 Å². The van der Waals surface area contributed by atoms with E-state index in [9.17, 15) is 19.5 Å². The van der Waals surface area contributed by atoms with Crippen molar-refractivity contribution in [2.75, 3.05) is 32.8 Å². The van der Waals surface area contributed by atoms with Crippen molar-refractivity contribution in [3.05, 3.63) is 25.3 Å². The van der Waals surface area contributed by atoms with Gasteiger partial charge in [-0.3, -0.25) is 14.4 Å². The molecule has 3 saturated heterocycles. The average molecular weight is 520 g/mol. The Bertz CT molecular complexity index is 849. The molecule has 2 bridgehead atoms. The first kappa shape index (κ1) is 28.8. The molecule has 3 aliphatic rings. The Hall–Kier alpha value is -1.80. The van der Waals surface area contributed by atoms with Gasteiger partial charge in [0.25, 0.3) is 0 Å². The standard InChI is InChI=1S/C28H45N3O4S/c1-7-11-17-30(16-10-4)27(35)24-28-13-12-21(36-28)22(25(33)29(14-8-2)15-9-3)23(28)26(34)31(24)20(18-32)19(5)6/h8,10,19-24,32H,2,4,7,9,11-18H2,1,3,5-6H3/t20-,21+,22-,23-,24?,28?/m0/s1. The number of carbonyl (C=O) groups is 3. The zero-order valence-electron chi connectivity index (χ0n) is 22.5. The van der Waals surface area contributed by atoms with Crippen LogP contribution in [0.3, 0.4) is 0 Å². The van der Waals surface area contributed by atoms with Gasteiger partial charge < -0.3 is 19.8 Å². The van der Waals surface area contributed by atoms with Crippen LogP contribution in [0.1, 0.15) is 59.8 Å². The summed E-state index contributed by atoms with van der Waals surface area (Å²) in [5.74, 6) is -1.23. The van der Waals surface area contributed by atoms with Gasteiger partial charge in [0.15, 0.2) is 0 Å². The predicted octanol–water partition coefficient (Wildman–Crippen LogP) is 3.33. The summed E-state index contributed by atoms with van der Waals surface area (Å²) in [5, 5.41) is 10.4. The first-order valence-electron chi connectivity index (χ1n) is 13.6. The number of amides is 3. The van der Waals surface area contributed by atoms with E-state index in [1.165, 1.54) is 0 Å². The Morgan fingerprint density at radius 1 is 1.14 bits per heavy atom. The molecule has 0 aromatic rings. The summed E-state index contributed by atoms with van der Waals surface area (Å²) in [6.45, 7) is 17.6. The van der Waals surface area contributed by atoms with Crippen molar-refractivity contribution in [1.82, 2.24) is 14.7 Å². The molecule has 3 rings (SSSR count). The molecule has 2 unspecified atom stereocenters. The molecule has 0 radical (unpaired) electrons. The number of hydrogen-bond acceptors (Lipinski definition) is 5. The molecule has 7 nitrogen and oxygen atoms in total. The van der Waals surface area contributed by atoms with E-state index in [4.69, 9.17) is 0 Å². The lowest BCUT2D eigenvalue weighted by atomic mass is 9.70. The minimum absolute atomic E-state index is 0.00116. The number of aliphatic hydroxyl groups is 1. The van der Waals surface area contributed by atoms with Crippen LogP contribution >= 0.6 is 11.8 Å². The smallest absolute Gasteiger partial charge is 0.247 e. The van der Waals surface area contributed by atoms with Crippen LogP contribution in [0.4, 0.5) is 0 Å². The Balaban J connectivity index is 2.08. The van der Waals surface area contributed by atoms with Gasteiger partial charge in [0, 0.05) is 31.4 Å². The lowest BCUT2D eigenvalue weighted by Gasteiger charge is -2.40. The van der Waals surface area contributed by atoms with Gasteiger partial charge in [-0.25, -0.2) is 0 Å². The monoisotopic (exact) mass is 519 g/mol. The van der Waals surface area contributed by atoms with Gasteiger partial charge in [-0.2, -0.15) is 0 Å². The molecule has 202 valence electrons. The Kier molecular flexibility index (Phi) is 9.72. The van der Waals surface area contributed by atoms with Gasteiger partial charge in [-0.05, 0) is 31.6 Å². The van der Waals surface area contributed by atoms with E-state index < -0.39 is 28.7 Å². The van der Waals surface area contributed by atoms with Crippen LogP contribution in [0.25, 0.3) is 0 Å². The highest BCUT2D eigenvalue weighted by Crippen LogP contribution is 2.67. The quantitative estimate of drug-likeness (QED) is 0.356.